The molecule has 7 nitrogen and oxygen atoms in total. The van der Waals surface area contributed by atoms with Crippen LogP contribution in [0.15, 0.2) is 6.20 Å². The highest BCUT2D eigenvalue weighted by Gasteiger charge is 2.25. The van der Waals surface area contributed by atoms with Crippen LogP contribution in [0.1, 0.15) is 43.1 Å². The van der Waals surface area contributed by atoms with E-state index in [2.05, 4.69) is 17.2 Å². The SMILES string of the molecule is CC1CCCC(N(C)C(=O)Cn2cc(C(=O)O)nn2)C1. The third-order valence-electron chi connectivity index (χ3n) is 3.90. The predicted octanol–water partition coefficient (Wildman–Crippen LogP) is 1.01. The zero-order valence-electron chi connectivity index (χ0n) is 11.8. The molecule has 0 bridgehead atoms. The Labute approximate surface area is 117 Å². The maximum atomic E-state index is 12.2. The molecule has 1 amide bonds. The van der Waals surface area contributed by atoms with Gasteiger partial charge in [-0.3, -0.25) is 4.79 Å². The lowest BCUT2D eigenvalue weighted by Crippen LogP contribution is -2.41. The number of amides is 1. The highest BCUT2D eigenvalue weighted by molar-refractivity contribution is 5.84. The first-order chi connectivity index (χ1) is 9.47. The van der Waals surface area contributed by atoms with Crippen LogP contribution >= 0.6 is 0 Å². The zero-order valence-corrected chi connectivity index (χ0v) is 11.8. The van der Waals surface area contributed by atoms with Gasteiger partial charge in [-0.1, -0.05) is 25.0 Å². The molecule has 2 unspecified atom stereocenters. The minimum absolute atomic E-state index is 0.0294. The normalized spacial score (nSPS) is 22.5. The monoisotopic (exact) mass is 280 g/mol. The van der Waals surface area contributed by atoms with Crippen LogP contribution in [0.25, 0.3) is 0 Å². The fourth-order valence-electron chi connectivity index (χ4n) is 2.68. The fraction of sp³-hybridized carbons (Fsp3) is 0.692. The molecule has 2 rings (SSSR count). The van der Waals surface area contributed by atoms with E-state index in [4.69, 9.17) is 5.11 Å². The van der Waals surface area contributed by atoms with Gasteiger partial charge in [0.25, 0.3) is 0 Å². The molecule has 0 aliphatic heterocycles. The number of carboxylic acid groups (broad SMARTS) is 1. The van der Waals surface area contributed by atoms with Crippen molar-refractivity contribution in [3.8, 4) is 0 Å². The summed E-state index contributed by atoms with van der Waals surface area (Å²) in [6, 6.07) is 0.272. The van der Waals surface area contributed by atoms with Gasteiger partial charge in [-0.2, -0.15) is 0 Å². The molecule has 1 heterocycles. The number of carbonyl (C=O) groups excluding carboxylic acids is 1. The molecule has 1 fully saturated rings. The number of hydrogen-bond acceptors (Lipinski definition) is 4. The van der Waals surface area contributed by atoms with Crippen molar-refractivity contribution in [2.45, 2.75) is 45.2 Å². The molecule has 1 aromatic rings. The lowest BCUT2D eigenvalue weighted by molar-refractivity contribution is -0.133. The number of rotatable bonds is 4. The van der Waals surface area contributed by atoms with Crippen LogP contribution in [0, 0.1) is 5.92 Å². The zero-order chi connectivity index (χ0) is 14.7. The second-order valence-corrected chi connectivity index (χ2v) is 5.54. The smallest absolute Gasteiger partial charge is 0.358 e. The van der Waals surface area contributed by atoms with E-state index in [1.807, 2.05) is 0 Å². The first-order valence-corrected chi connectivity index (χ1v) is 6.86. The van der Waals surface area contributed by atoms with Crippen LogP contribution in [0.4, 0.5) is 0 Å². The quantitative estimate of drug-likeness (QED) is 0.889. The molecule has 110 valence electrons. The molecule has 20 heavy (non-hydrogen) atoms. The van der Waals surface area contributed by atoms with Gasteiger partial charge in [-0.15, -0.1) is 5.10 Å². The van der Waals surface area contributed by atoms with Crippen molar-refractivity contribution in [2.24, 2.45) is 5.92 Å². The second kappa shape index (κ2) is 6.02. The van der Waals surface area contributed by atoms with Crippen molar-refractivity contribution in [2.75, 3.05) is 7.05 Å². The summed E-state index contributed by atoms with van der Waals surface area (Å²) in [5.74, 6) is -0.557. The Morgan fingerprint density at radius 1 is 1.50 bits per heavy atom. The molecule has 1 N–H and O–H groups in total. The van der Waals surface area contributed by atoms with E-state index in [0.29, 0.717) is 5.92 Å². The third kappa shape index (κ3) is 3.34. The van der Waals surface area contributed by atoms with Crippen LogP contribution < -0.4 is 0 Å². The Bertz CT molecular complexity index is 500. The van der Waals surface area contributed by atoms with E-state index >= 15 is 0 Å². The molecule has 7 heteroatoms. The Balaban J connectivity index is 1.94. The lowest BCUT2D eigenvalue weighted by atomic mass is 9.86. The lowest BCUT2D eigenvalue weighted by Gasteiger charge is -2.34. The van der Waals surface area contributed by atoms with E-state index in [9.17, 15) is 9.59 Å². The first-order valence-electron chi connectivity index (χ1n) is 6.86. The van der Waals surface area contributed by atoms with Crippen molar-refractivity contribution in [1.29, 1.82) is 0 Å². The number of hydrogen-bond donors (Lipinski definition) is 1. The van der Waals surface area contributed by atoms with E-state index in [-0.39, 0.29) is 24.2 Å². The number of aromatic carboxylic acids is 1. The summed E-state index contributed by atoms with van der Waals surface area (Å²) in [4.78, 5) is 24.7. The van der Waals surface area contributed by atoms with Gasteiger partial charge >= 0.3 is 5.97 Å². The average molecular weight is 280 g/mol. The van der Waals surface area contributed by atoms with Crippen molar-refractivity contribution >= 4 is 11.9 Å². The minimum Gasteiger partial charge on any atom is -0.476 e. The third-order valence-corrected chi connectivity index (χ3v) is 3.90. The van der Waals surface area contributed by atoms with Gasteiger partial charge in [0.15, 0.2) is 5.69 Å². The Hall–Kier alpha value is -1.92. The highest BCUT2D eigenvalue weighted by Crippen LogP contribution is 2.26. The van der Waals surface area contributed by atoms with Crippen LogP contribution in [0.2, 0.25) is 0 Å². The summed E-state index contributed by atoms with van der Waals surface area (Å²) in [5, 5.41) is 15.9. The maximum Gasteiger partial charge on any atom is 0.358 e. The summed E-state index contributed by atoms with van der Waals surface area (Å²) in [6.45, 7) is 2.24. The fourth-order valence-corrected chi connectivity index (χ4v) is 2.68. The summed E-state index contributed by atoms with van der Waals surface area (Å²) < 4.78 is 1.27. The van der Waals surface area contributed by atoms with Crippen molar-refractivity contribution < 1.29 is 14.7 Å². The Morgan fingerprint density at radius 3 is 2.85 bits per heavy atom. The molecule has 0 saturated heterocycles. The highest BCUT2D eigenvalue weighted by atomic mass is 16.4. The molecular formula is C13H20N4O3. The molecule has 2 atom stereocenters. The van der Waals surface area contributed by atoms with E-state index in [0.717, 1.165) is 19.3 Å². The Kier molecular flexibility index (Phi) is 4.36. The molecule has 1 saturated carbocycles. The summed E-state index contributed by atoms with van der Waals surface area (Å²) in [5.41, 5.74) is -0.147. The van der Waals surface area contributed by atoms with E-state index < -0.39 is 5.97 Å². The van der Waals surface area contributed by atoms with Crippen LogP contribution in [0.3, 0.4) is 0 Å². The minimum atomic E-state index is -1.14. The summed E-state index contributed by atoms with van der Waals surface area (Å²) >= 11 is 0. The number of likely N-dealkylation sites (N-methyl/N-ethyl adjacent to an activating group) is 1. The topological polar surface area (TPSA) is 88.3 Å². The van der Waals surface area contributed by atoms with Gasteiger partial charge in [-0.05, 0) is 18.8 Å². The van der Waals surface area contributed by atoms with Gasteiger partial charge in [0.2, 0.25) is 5.91 Å². The van der Waals surface area contributed by atoms with E-state index in [1.54, 1.807) is 11.9 Å². The van der Waals surface area contributed by atoms with Gasteiger partial charge in [0, 0.05) is 13.1 Å². The number of nitrogens with zero attached hydrogens (tertiary/aromatic N) is 4. The van der Waals surface area contributed by atoms with Gasteiger partial charge in [0.05, 0.1) is 6.20 Å². The number of aromatic nitrogens is 3. The van der Waals surface area contributed by atoms with Crippen LogP contribution in [-0.2, 0) is 11.3 Å². The second-order valence-electron chi connectivity index (χ2n) is 5.54. The van der Waals surface area contributed by atoms with Gasteiger partial charge in [0.1, 0.15) is 6.54 Å². The molecule has 1 aliphatic rings. The average Bonchev–Trinajstić information content (AvgIpc) is 2.86. The van der Waals surface area contributed by atoms with Crippen molar-refractivity contribution in [3.63, 3.8) is 0 Å². The van der Waals surface area contributed by atoms with Crippen LogP contribution in [0.5, 0.6) is 0 Å². The molecule has 0 radical (unpaired) electrons. The predicted molar refractivity (Wildman–Crippen MR) is 71.2 cm³/mol. The standard InChI is InChI=1S/C13H20N4O3/c1-9-4-3-5-10(6-9)16(2)12(18)8-17-7-11(13(19)20)14-15-17/h7,9-10H,3-6,8H2,1-2H3,(H,19,20). The molecular weight excluding hydrogens is 260 g/mol. The molecule has 1 aromatic heterocycles. The molecule has 0 spiro atoms. The number of carboxylic acids is 1. The number of carbonyl (C=O) groups is 2. The van der Waals surface area contributed by atoms with Crippen LogP contribution in [-0.4, -0.2) is 50.0 Å². The van der Waals surface area contributed by atoms with Crippen molar-refractivity contribution in [3.05, 3.63) is 11.9 Å². The summed E-state index contributed by atoms with van der Waals surface area (Å²) in [6.07, 6.45) is 5.71. The maximum absolute atomic E-state index is 12.2. The first kappa shape index (κ1) is 14.5. The Morgan fingerprint density at radius 2 is 2.25 bits per heavy atom. The van der Waals surface area contributed by atoms with Gasteiger partial charge in [-0.25, -0.2) is 9.48 Å². The van der Waals surface area contributed by atoms with Gasteiger partial charge < -0.3 is 10.0 Å². The van der Waals surface area contributed by atoms with Crippen molar-refractivity contribution in [1.82, 2.24) is 19.9 Å². The molecule has 1 aliphatic carbocycles. The summed E-state index contributed by atoms with van der Waals surface area (Å²) in [7, 11) is 1.81. The molecule has 0 aromatic carbocycles. The largest absolute Gasteiger partial charge is 0.476 e. The van der Waals surface area contributed by atoms with E-state index in [1.165, 1.54) is 17.3 Å².